The van der Waals surface area contributed by atoms with Gasteiger partial charge in [-0.3, -0.25) is 19.2 Å². The van der Waals surface area contributed by atoms with Crippen LogP contribution in [0, 0.1) is 0 Å². The van der Waals surface area contributed by atoms with E-state index in [1.807, 2.05) is 13.8 Å². The van der Waals surface area contributed by atoms with E-state index in [1.165, 1.54) is 0 Å². The fourth-order valence-electron chi connectivity index (χ4n) is 4.13. The lowest BCUT2D eigenvalue weighted by Crippen LogP contribution is -2.30. The number of carbonyl (C=O) groups is 4. The van der Waals surface area contributed by atoms with Crippen molar-refractivity contribution in [2.75, 3.05) is 9.80 Å². The third-order valence-electron chi connectivity index (χ3n) is 5.94. The van der Waals surface area contributed by atoms with Gasteiger partial charge >= 0.3 is 0 Å². The molecule has 0 bridgehead atoms. The summed E-state index contributed by atoms with van der Waals surface area (Å²) < 4.78 is 0. The van der Waals surface area contributed by atoms with E-state index in [0.29, 0.717) is 17.6 Å². The standard InChI is InChI=1S/C26H18Cl4N2O4/c1-13(14-8-16(27)24(17(28)9-14)31-20(33)4-5-21(31)34)12-26(2,3)15-10-18(29)25(19(30)11-15)32-22(35)6-7-23(32)36/h4-11H,1,12H2,2-3H3. The Morgan fingerprint density at radius 2 is 1.03 bits per heavy atom. The van der Waals surface area contributed by atoms with Crippen LogP contribution in [-0.2, 0) is 24.6 Å². The van der Waals surface area contributed by atoms with E-state index in [0.717, 1.165) is 39.7 Å². The second-order valence-corrected chi connectivity index (χ2v) is 10.6. The van der Waals surface area contributed by atoms with Gasteiger partial charge in [0.1, 0.15) is 0 Å². The highest BCUT2D eigenvalue weighted by Crippen LogP contribution is 2.44. The van der Waals surface area contributed by atoms with Gasteiger partial charge in [-0.25, -0.2) is 9.80 Å². The second kappa shape index (κ2) is 9.52. The van der Waals surface area contributed by atoms with Crippen molar-refractivity contribution in [1.82, 2.24) is 0 Å². The fraction of sp³-hybridized carbons (Fsp3) is 0.154. The molecule has 0 spiro atoms. The Labute approximate surface area is 227 Å². The highest BCUT2D eigenvalue weighted by Gasteiger charge is 2.32. The van der Waals surface area contributed by atoms with E-state index < -0.39 is 29.0 Å². The molecule has 0 N–H and O–H groups in total. The Bertz CT molecular complexity index is 1360. The smallest absolute Gasteiger partial charge is 0.258 e. The van der Waals surface area contributed by atoms with Crippen LogP contribution in [0.15, 0.2) is 55.1 Å². The van der Waals surface area contributed by atoms with Crippen LogP contribution in [0.5, 0.6) is 0 Å². The Hall–Kier alpha value is -2.90. The van der Waals surface area contributed by atoms with Gasteiger partial charge in [-0.1, -0.05) is 66.8 Å². The molecule has 10 heteroatoms. The zero-order valence-electron chi connectivity index (χ0n) is 19.1. The quantitative estimate of drug-likeness (QED) is 0.374. The van der Waals surface area contributed by atoms with Crippen LogP contribution in [0.1, 0.15) is 31.4 Å². The van der Waals surface area contributed by atoms with Gasteiger partial charge in [0.2, 0.25) is 0 Å². The Kier molecular flexibility index (Phi) is 6.92. The largest absolute Gasteiger partial charge is 0.269 e. The number of anilines is 2. The summed E-state index contributed by atoms with van der Waals surface area (Å²) >= 11 is 25.8. The van der Waals surface area contributed by atoms with Crippen molar-refractivity contribution in [3.8, 4) is 0 Å². The molecule has 2 heterocycles. The summed E-state index contributed by atoms with van der Waals surface area (Å²) in [7, 11) is 0. The van der Waals surface area contributed by atoms with Crippen molar-refractivity contribution in [1.29, 1.82) is 0 Å². The molecule has 4 rings (SSSR count). The minimum Gasteiger partial charge on any atom is -0.269 e. The van der Waals surface area contributed by atoms with Crippen molar-refractivity contribution in [3.05, 3.63) is 86.4 Å². The van der Waals surface area contributed by atoms with Crippen molar-refractivity contribution in [3.63, 3.8) is 0 Å². The van der Waals surface area contributed by atoms with E-state index in [1.54, 1.807) is 24.3 Å². The molecular weight excluding hydrogens is 546 g/mol. The number of hydrogen-bond acceptors (Lipinski definition) is 4. The number of nitrogens with zero attached hydrogens (tertiary/aromatic N) is 2. The normalized spacial score (nSPS) is 15.6. The molecule has 36 heavy (non-hydrogen) atoms. The van der Waals surface area contributed by atoms with Gasteiger partial charge in [0.15, 0.2) is 0 Å². The minimum absolute atomic E-state index is 0.115. The SMILES string of the molecule is C=C(CC(C)(C)c1cc(Cl)c(N2C(=O)C=CC2=O)c(Cl)c1)c1cc(Cl)c(N2C(=O)C=CC2=O)c(Cl)c1. The van der Waals surface area contributed by atoms with Crippen LogP contribution in [0.25, 0.3) is 5.57 Å². The number of benzene rings is 2. The van der Waals surface area contributed by atoms with Gasteiger partial charge in [-0.15, -0.1) is 0 Å². The third kappa shape index (κ3) is 4.62. The van der Waals surface area contributed by atoms with E-state index in [9.17, 15) is 19.2 Å². The molecule has 0 atom stereocenters. The Morgan fingerprint density at radius 3 is 1.39 bits per heavy atom. The van der Waals surface area contributed by atoms with Gasteiger partial charge in [0, 0.05) is 24.3 Å². The molecule has 4 amide bonds. The summed E-state index contributed by atoms with van der Waals surface area (Å²) in [6, 6.07) is 6.52. The van der Waals surface area contributed by atoms with Crippen molar-refractivity contribution >= 4 is 87.0 Å². The molecule has 184 valence electrons. The van der Waals surface area contributed by atoms with E-state index in [4.69, 9.17) is 46.4 Å². The Morgan fingerprint density at radius 1 is 0.694 bits per heavy atom. The zero-order valence-corrected chi connectivity index (χ0v) is 22.1. The molecule has 6 nitrogen and oxygen atoms in total. The molecule has 0 fully saturated rings. The topological polar surface area (TPSA) is 74.8 Å². The maximum Gasteiger partial charge on any atom is 0.258 e. The maximum absolute atomic E-state index is 12.1. The lowest BCUT2D eigenvalue weighted by molar-refractivity contribution is -0.121. The van der Waals surface area contributed by atoms with Gasteiger partial charge in [-0.05, 0) is 52.8 Å². The fourth-order valence-corrected chi connectivity index (χ4v) is 5.44. The molecule has 0 saturated heterocycles. The van der Waals surface area contributed by atoms with Crippen LogP contribution < -0.4 is 9.80 Å². The first-order valence-electron chi connectivity index (χ1n) is 10.6. The molecular formula is C26H18Cl4N2O4. The van der Waals surface area contributed by atoms with Crippen LogP contribution in [0.3, 0.4) is 0 Å². The summed E-state index contributed by atoms with van der Waals surface area (Å²) in [5.74, 6) is -2.09. The number of halogens is 4. The van der Waals surface area contributed by atoms with Crippen LogP contribution in [-0.4, -0.2) is 23.6 Å². The van der Waals surface area contributed by atoms with E-state index in [2.05, 4.69) is 6.58 Å². The lowest BCUT2D eigenvalue weighted by atomic mass is 9.78. The van der Waals surface area contributed by atoms with Crippen molar-refractivity contribution in [2.24, 2.45) is 0 Å². The number of allylic oxidation sites excluding steroid dienone is 1. The Balaban J connectivity index is 1.61. The predicted octanol–water partition coefficient (Wildman–Crippen LogP) is 6.54. The third-order valence-corrected chi connectivity index (χ3v) is 7.10. The highest BCUT2D eigenvalue weighted by molar-refractivity contribution is 6.44. The second-order valence-electron chi connectivity index (χ2n) is 8.93. The zero-order chi connectivity index (χ0) is 26.5. The number of hydrogen-bond donors (Lipinski definition) is 0. The lowest BCUT2D eigenvalue weighted by Gasteiger charge is -2.29. The predicted molar refractivity (Wildman–Crippen MR) is 143 cm³/mol. The molecule has 0 aliphatic carbocycles. The van der Waals surface area contributed by atoms with Crippen molar-refractivity contribution < 1.29 is 19.2 Å². The molecule has 0 aromatic heterocycles. The van der Waals surface area contributed by atoms with E-state index in [-0.39, 0.29) is 31.5 Å². The van der Waals surface area contributed by atoms with Gasteiger partial charge in [0.05, 0.1) is 31.5 Å². The first-order chi connectivity index (χ1) is 16.8. The monoisotopic (exact) mass is 562 g/mol. The van der Waals surface area contributed by atoms with Crippen molar-refractivity contribution in [2.45, 2.75) is 25.7 Å². The number of carbonyl (C=O) groups excluding carboxylic acids is 4. The molecule has 2 aliphatic heterocycles. The summed E-state index contributed by atoms with van der Waals surface area (Å²) in [5.41, 5.74) is 1.76. The van der Waals surface area contributed by atoms with Gasteiger partial charge in [-0.2, -0.15) is 0 Å². The summed E-state index contributed by atoms with van der Waals surface area (Å²) in [6.07, 6.45) is 5.04. The first kappa shape index (κ1) is 26.2. The molecule has 2 aliphatic rings. The van der Waals surface area contributed by atoms with E-state index >= 15 is 0 Å². The van der Waals surface area contributed by atoms with Gasteiger partial charge < -0.3 is 0 Å². The van der Waals surface area contributed by atoms with Crippen LogP contribution in [0.4, 0.5) is 11.4 Å². The number of amides is 4. The average molecular weight is 564 g/mol. The van der Waals surface area contributed by atoms with Crippen LogP contribution in [0.2, 0.25) is 20.1 Å². The average Bonchev–Trinajstić information content (AvgIpc) is 3.28. The number of rotatable bonds is 6. The minimum atomic E-state index is -0.539. The molecule has 0 saturated carbocycles. The maximum atomic E-state index is 12.1. The number of imide groups is 2. The summed E-state index contributed by atoms with van der Waals surface area (Å²) in [6.45, 7) is 8.08. The van der Waals surface area contributed by atoms with Crippen LogP contribution >= 0.6 is 46.4 Å². The molecule has 0 radical (unpaired) electrons. The van der Waals surface area contributed by atoms with Gasteiger partial charge in [0.25, 0.3) is 23.6 Å². The molecule has 2 aromatic carbocycles. The highest BCUT2D eigenvalue weighted by atomic mass is 35.5. The summed E-state index contributed by atoms with van der Waals surface area (Å²) in [4.78, 5) is 50.2. The molecule has 2 aromatic rings. The molecule has 0 unspecified atom stereocenters. The first-order valence-corrected chi connectivity index (χ1v) is 12.1. The summed E-state index contributed by atoms with van der Waals surface area (Å²) in [5, 5.41) is 0.577.